The van der Waals surface area contributed by atoms with Gasteiger partial charge in [-0.05, 0) is 66.2 Å². The van der Waals surface area contributed by atoms with Gasteiger partial charge in [-0.15, -0.1) is 0 Å². The van der Waals surface area contributed by atoms with Crippen LogP contribution in [-0.2, 0) is 13.1 Å². The second kappa shape index (κ2) is 12.4. The zero-order chi connectivity index (χ0) is 27.9. The Morgan fingerprint density at radius 3 is 2.21 bits per heavy atom. The Hall–Kier alpha value is -4.45. The third-order valence-corrected chi connectivity index (χ3v) is 5.94. The van der Waals surface area contributed by atoms with Gasteiger partial charge in [-0.25, -0.2) is 19.1 Å². The van der Waals surface area contributed by atoms with Gasteiger partial charge in [-0.2, -0.15) is 0 Å². The molecule has 202 valence electrons. The predicted molar refractivity (Wildman–Crippen MR) is 145 cm³/mol. The van der Waals surface area contributed by atoms with E-state index in [4.69, 9.17) is 16.3 Å². The van der Waals surface area contributed by atoms with Gasteiger partial charge in [0.2, 0.25) is 5.62 Å². The summed E-state index contributed by atoms with van der Waals surface area (Å²) >= 11 is 5.98. The standard InChI is InChI=1S/C27H26ClN5O6/c1-29-24(36)18-4-10-22(11-5-18)39-23-12-8-20(9-13-23)30-25-31-26(37)33(15-21(35)16-34)27(38)32(25)14-17-2-6-19(28)7-3-17/h2-13,21,34-35H,14-16H2,1H3,(H,29,36)(H,30,31,37)/t21-/m0/s1. The molecule has 4 aromatic rings. The van der Waals surface area contributed by atoms with Crippen molar-refractivity contribution in [1.29, 1.82) is 0 Å². The molecule has 39 heavy (non-hydrogen) atoms. The van der Waals surface area contributed by atoms with Gasteiger partial charge in [0.25, 0.3) is 5.91 Å². The molecule has 0 radical (unpaired) electrons. The lowest BCUT2D eigenvalue weighted by molar-refractivity contribution is 0.0783. The number of aliphatic hydroxyl groups is 2. The van der Waals surface area contributed by atoms with Gasteiger partial charge in [-0.3, -0.25) is 14.3 Å². The highest BCUT2D eigenvalue weighted by molar-refractivity contribution is 6.30. The first-order chi connectivity index (χ1) is 18.8. The number of aromatic nitrogens is 3. The van der Waals surface area contributed by atoms with Crippen molar-refractivity contribution in [2.75, 3.05) is 13.7 Å². The number of nitrogens with one attached hydrogen (secondary N) is 2. The molecular weight excluding hydrogens is 526 g/mol. The van der Waals surface area contributed by atoms with Crippen molar-refractivity contribution >= 4 is 23.2 Å². The molecule has 0 saturated carbocycles. The van der Waals surface area contributed by atoms with E-state index in [0.29, 0.717) is 27.8 Å². The Bertz CT molecular complexity index is 1620. The lowest BCUT2D eigenvalue weighted by atomic mass is 10.2. The van der Waals surface area contributed by atoms with Crippen LogP contribution in [0, 0.1) is 0 Å². The number of hydrogen-bond acceptors (Lipinski definition) is 7. The molecule has 1 aromatic heterocycles. The van der Waals surface area contributed by atoms with Crippen molar-refractivity contribution in [1.82, 2.24) is 19.4 Å². The fraction of sp³-hybridized carbons (Fsp3) is 0.185. The van der Waals surface area contributed by atoms with Crippen molar-refractivity contribution in [2.45, 2.75) is 19.2 Å². The lowest BCUT2D eigenvalue weighted by Gasteiger charge is -2.13. The quantitative estimate of drug-likeness (QED) is 0.249. The Morgan fingerprint density at radius 2 is 1.62 bits per heavy atom. The molecule has 0 aliphatic carbocycles. The highest BCUT2D eigenvalue weighted by atomic mass is 35.5. The largest absolute Gasteiger partial charge is 0.457 e. The minimum absolute atomic E-state index is 0.00635. The van der Waals surface area contributed by atoms with E-state index in [1.165, 1.54) is 4.57 Å². The average molecular weight is 552 g/mol. The van der Waals surface area contributed by atoms with Crippen molar-refractivity contribution in [2.24, 2.45) is 4.99 Å². The van der Waals surface area contributed by atoms with Crippen LogP contribution in [0.1, 0.15) is 15.9 Å². The summed E-state index contributed by atoms with van der Waals surface area (Å²) in [6, 6.07) is 20.1. The van der Waals surface area contributed by atoms with E-state index in [-0.39, 0.29) is 24.6 Å². The van der Waals surface area contributed by atoms with E-state index in [2.05, 4.69) is 15.3 Å². The highest BCUT2D eigenvalue weighted by Crippen LogP contribution is 2.24. The van der Waals surface area contributed by atoms with Crippen molar-refractivity contribution < 1.29 is 19.7 Å². The monoisotopic (exact) mass is 551 g/mol. The maximum atomic E-state index is 13.2. The van der Waals surface area contributed by atoms with Gasteiger partial charge in [0, 0.05) is 17.6 Å². The predicted octanol–water partition coefficient (Wildman–Crippen LogP) is 1.78. The minimum Gasteiger partial charge on any atom is -0.457 e. The topological polar surface area (TPSA) is 151 Å². The Labute approximate surface area is 227 Å². The number of ether oxygens (including phenoxy) is 1. The number of aromatic amines is 1. The minimum atomic E-state index is -1.29. The Kier molecular flexibility index (Phi) is 8.77. The molecule has 0 spiro atoms. The van der Waals surface area contributed by atoms with Crippen LogP contribution in [0.4, 0.5) is 5.69 Å². The second-order valence-corrected chi connectivity index (χ2v) is 8.94. The highest BCUT2D eigenvalue weighted by Gasteiger charge is 2.13. The Morgan fingerprint density at radius 1 is 1.00 bits per heavy atom. The zero-order valence-corrected chi connectivity index (χ0v) is 21.6. The van der Waals surface area contributed by atoms with E-state index in [1.54, 1.807) is 79.8 Å². The molecule has 0 bridgehead atoms. The van der Waals surface area contributed by atoms with Crippen LogP contribution in [0.2, 0.25) is 5.02 Å². The molecule has 1 amide bonds. The molecule has 11 nitrogen and oxygen atoms in total. The molecule has 0 aliphatic rings. The molecule has 0 aliphatic heterocycles. The number of aliphatic hydroxyl groups excluding tert-OH is 2. The number of carbonyl (C=O) groups is 1. The maximum Gasteiger partial charge on any atom is 0.335 e. The van der Waals surface area contributed by atoms with Crippen LogP contribution in [0.3, 0.4) is 0 Å². The molecule has 4 rings (SSSR count). The summed E-state index contributed by atoms with van der Waals surface area (Å²) < 4.78 is 7.89. The Balaban J connectivity index is 1.66. The van der Waals surface area contributed by atoms with E-state index in [9.17, 15) is 24.6 Å². The summed E-state index contributed by atoms with van der Waals surface area (Å²) in [4.78, 5) is 44.7. The summed E-state index contributed by atoms with van der Waals surface area (Å²) in [5.41, 5.74) is 0.176. The molecular formula is C27H26ClN5O6. The number of nitrogens with zero attached hydrogens (tertiary/aromatic N) is 3. The number of benzene rings is 3. The number of amides is 1. The summed E-state index contributed by atoms with van der Waals surface area (Å²) in [6.07, 6.45) is -1.29. The van der Waals surface area contributed by atoms with Crippen LogP contribution in [0.5, 0.6) is 11.5 Å². The van der Waals surface area contributed by atoms with Gasteiger partial charge >= 0.3 is 11.4 Å². The molecule has 0 saturated heterocycles. The van der Waals surface area contributed by atoms with Gasteiger partial charge in [0.15, 0.2) is 0 Å². The average Bonchev–Trinajstić information content (AvgIpc) is 2.95. The lowest BCUT2D eigenvalue weighted by Crippen LogP contribution is -2.51. The van der Waals surface area contributed by atoms with Gasteiger partial charge in [-0.1, -0.05) is 23.7 Å². The van der Waals surface area contributed by atoms with Crippen LogP contribution >= 0.6 is 11.6 Å². The molecule has 1 atom stereocenters. The summed E-state index contributed by atoms with van der Waals surface area (Å²) in [7, 11) is 1.56. The molecule has 3 aromatic carbocycles. The number of H-pyrrole nitrogens is 1. The van der Waals surface area contributed by atoms with Crippen LogP contribution in [0.15, 0.2) is 87.4 Å². The molecule has 1 heterocycles. The summed E-state index contributed by atoms with van der Waals surface area (Å²) in [5.74, 6) is 0.847. The van der Waals surface area contributed by atoms with Crippen molar-refractivity contribution in [3.05, 3.63) is 116 Å². The summed E-state index contributed by atoms with van der Waals surface area (Å²) in [6.45, 7) is -0.933. The number of rotatable bonds is 9. The van der Waals surface area contributed by atoms with Crippen LogP contribution in [0.25, 0.3) is 0 Å². The second-order valence-electron chi connectivity index (χ2n) is 8.51. The zero-order valence-electron chi connectivity index (χ0n) is 20.9. The van der Waals surface area contributed by atoms with E-state index in [0.717, 1.165) is 10.1 Å². The number of hydrogen-bond donors (Lipinski definition) is 4. The fourth-order valence-electron chi connectivity index (χ4n) is 3.65. The summed E-state index contributed by atoms with van der Waals surface area (Å²) in [5, 5.41) is 22.1. The molecule has 4 N–H and O–H groups in total. The normalized spacial score (nSPS) is 12.3. The SMILES string of the molecule is CNC(=O)c1ccc(Oc2ccc(/N=c3\[nH]c(=O)n(C[C@H](O)CO)c(=O)n3Cc3ccc(Cl)cc3)cc2)cc1. The fourth-order valence-corrected chi connectivity index (χ4v) is 3.78. The van der Waals surface area contributed by atoms with E-state index >= 15 is 0 Å². The van der Waals surface area contributed by atoms with Crippen molar-refractivity contribution in [3.8, 4) is 11.5 Å². The van der Waals surface area contributed by atoms with E-state index in [1.807, 2.05) is 0 Å². The van der Waals surface area contributed by atoms with E-state index < -0.39 is 24.1 Å². The first-order valence-corrected chi connectivity index (χ1v) is 12.3. The number of halogens is 1. The molecule has 0 unspecified atom stereocenters. The van der Waals surface area contributed by atoms with Crippen LogP contribution in [-0.4, -0.2) is 50.0 Å². The smallest absolute Gasteiger partial charge is 0.335 e. The molecule has 0 fully saturated rings. The van der Waals surface area contributed by atoms with Gasteiger partial charge in [0.1, 0.15) is 11.5 Å². The van der Waals surface area contributed by atoms with Gasteiger partial charge in [0.05, 0.1) is 31.5 Å². The van der Waals surface area contributed by atoms with Crippen LogP contribution < -0.4 is 27.1 Å². The third kappa shape index (κ3) is 6.90. The van der Waals surface area contributed by atoms with Crippen molar-refractivity contribution in [3.63, 3.8) is 0 Å². The number of carbonyl (C=O) groups excluding carboxylic acids is 1. The first-order valence-electron chi connectivity index (χ1n) is 11.9. The maximum absolute atomic E-state index is 13.2. The third-order valence-electron chi connectivity index (χ3n) is 5.69. The van der Waals surface area contributed by atoms with Gasteiger partial charge < -0.3 is 20.3 Å². The molecule has 12 heteroatoms. The first kappa shape index (κ1) is 27.6.